The predicted molar refractivity (Wildman–Crippen MR) is 165 cm³/mol. The number of nitrogens with two attached hydrogens (primary N) is 1. The zero-order valence-corrected chi connectivity index (χ0v) is 25.9. The molecule has 224 valence electrons. The summed E-state index contributed by atoms with van der Waals surface area (Å²) in [4.78, 5) is 12.1. The van der Waals surface area contributed by atoms with Crippen LogP contribution in [-0.4, -0.2) is 43.6 Å². The van der Waals surface area contributed by atoms with Crippen LogP contribution in [0.5, 0.6) is 0 Å². The van der Waals surface area contributed by atoms with E-state index in [1.807, 2.05) is 48.5 Å². The van der Waals surface area contributed by atoms with Crippen LogP contribution in [0.4, 0.5) is 10.5 Å². The number of alkyl carbamates (subject to hydrolysis) is 1. The first-order valence-corrected chi connectivity index (χ1v) is 15.2. The molecular formula is C31H39N5O5S. The van der Waals surface area contributed by atoms with Crippen molar-refractivity contribution in [1.82, 2.24) is 15.5 Å². The molecule has 42 heavy (non-hydrogen) atoms. The molecule has 0 spiro atoms. The summed E-state index contributed by atoms with van der Waals surface area (Å²) in [6, 6.07) is 22.5. The van der Waals surface area contributed by atoms with Crippen molar-refractivity contribution in [2.24, 2.45) is 5.73 Å². The van der Waals surface area contributed by atoms with E-state index in [0.29, 0.717) is 17.8 Å². The Bertz CT molecular complexity index is 1600. The zero-order valence-electron chi connectivity index (χ0n) is 25.1. The number of carbonyl (C=O) groups excluding carboxylic acids is 1. The van der Waals surface area contributed by atoms with Crippen LogP contribution < -0.4 is 15.4 Å². The van der Waals surface area contributed by atoms with E-state index in [1.54, 1.807) is 39.8 Å². The van der Waals surface area contributed by atoms with Crippen LogP contribution in [-0.2, 0) is 21.3 Å². The molecule has 1 atom stereocenters. The minimum absolute atomic E-state index is 0.174. The molecule has 4 rings (SSSR count). The van der Waals surface area contributed by atoms with Gasteiger partial charge in [0.25, 0.3) is 0 Å². The Morgan fingerprint density at radius 3 is 2.21 bits per heavy atom. The van der Waals surface area contributed by atoms with Gasteiger partial charge in [0, 0.05) is 19.2 Å². The molecular weight excluding hydrogens is 554 g/mol. The molecule has 0 bridgehead atoms. The molecule has 3 N–H and O–H groups in total. The molecule has 0 fully saturated rings. The molecule has 1 amide bonds. The number of anilines is 1. The fourth-order valence-corrected chi connectivity index (χ4v) is 4.34. The first-order valence-electron chi connectivity index (χ1n) is 13.4. The van der Waals surface area contributed by atoms with E-state index in [4.69, 9.17) is 14.9 Å². The molecule has 1 unspecified atom stereocenters. The number of benzene rings is 3. The highest BCUT2D eigenvalue weighted by atomic mass is 32.2. The van der Waals surface area contributed by atoms with Gasteiger partial charge in [0.2, 0.25) is 21.8 Å². The number of rotatable bonds is 7. The van der Waals surface area contributed by atoms with Crippen LogP contribution in [0.2, 0.25) is 0 Å². The minimum Gasteiger partial charge on any atom is -0.444 e. The highest BCUT2D eigenvalue weighted by Crippen LogP contribution is 2.34. The maximum absolute atomic E-state index is 12.2. The van der Waals surface area contributed by atoms with Gasteiger partial charge in [-0.3, -0.25) is 4.31 Å². The standard InChI is InChI=1S/C24H31N5O5S.C7H8/c1-15(26-23(30)34-24(2,3)4)21-27-28-22(33-21)18-11-17(20-10-8-7-9-16(20)14-25)12-19(13-18)29(5)35(6,31)32;1-7-5-3-2-4-6-7/h7-13,15H,14,25H2,1-6H3,(H,26,30);2-6H,1H3. The van der Waals surface area contributed by atoms with Gasteiger partial charge in [0.05, 0.1) is 11.9 Å². The first kappa shape index (κ1) is 32.3. The highest BCUT2D eigenvalue weighted by molar-refractivity contribution is 7.92. The molecule has 0 aliphatic rings. The third-order valence-corrected chi connectivity index (χ3v) is 7.26. The van der Waals surface area contributed by atoms with Crippen molar-refractivity contribution in [3.8, 4) is 22.6 Å². The first-order chi connectivity index (χ1) is 19.7. The Kier molecular flexibility index (Phi) is 10.5. The van der Waals surface area contributed by atoms with Crippen LogP contribution in [0.1, 0.15) is 50.8 Å². The lowest BCUT2D eigenvalue weighted by Gasteiger charge is -2.20. The molecule has 0 radical (unpaired) electrons. The number of aryl methyl sites for hydroxylation is 1. The van der Waals surface area contributed by atoms with Crippen molar-refractivity contribution in [3.63, 3.8) is 0 Å². The molecule has 1 aromatic heterocycles. The Labute approximate surface area is 248 Å². The number of hydrogen-bond donors (Lipinski definition) is 2. The summed E-state index contributed by atoms with van der Waals surface area (Å²) in [6.07, 6.45) is 0.518. The lowest BCUT2D eigenvalue weighted by atomic mass is 9.97. The molecule has 0 aliphatic carbocycles. The van der Waals surface area contributed by atoms with Gasteiger partial charge in [0.1, 0.15) is 11.6 Å². The third kappa shape index (κ3) is 9.15. The fraction of sp³-hybridized carbons (Fsp3) is 0.323. The number of amides is 1. The Morgan fingerprint density at radius 1 is 1.02 bits per heavy atom. The molecule has 11 heteroatoms. The summed E-state index contributed by atoms with van der Waals surface area (Å²) in [5.41, 5.74) is 10.0. The van der Waals surface area contributed by atoms with E-state index in [9.17, 15) is 13.2 Å². The number of aromatic nitrogens is 2. The van der Waals surface area contributed by atoms with Crippen LogP contribution in [0.3, 0.4) is 0 Å². The molecule has 10 nitrogen and oxygen atoms in total. The van der Waals surface area contributed by atoms with Gasteiger partial charge in [-0.05, 0) is 69.5 Å². The summed E-state index contributed by atoms with van der Waals surface area (Å²) >= 11 is 0. The number of nitrogens with one attached hydrogen (secondary N) is 1. The average Bonchev–Trinajstić information content (AvgIpc) is 3.42. The molecule has 3 aromatic carbocycles. The number of ether oxygens (including phenoxy) is 1. The van der Waals surface area contributed by atoms with Gasteiger partial charge in [-0.25, -0.2) is 13.2 Å². The quantitative estimate of drug-likeness (QED) is 0.272. The second-order valence-corrected chi connectivity index (χ2v) is 12.8. The topological polar surface area (TPSA) is 141 Å². The zero-order chi connectivity index (χ0) is 31.1. The van der Waals surface area contributed by atoms with E-state index in [1.165, 1.54) is 16.9 Å². The van der Waals surface area contributed by atoms with Gasteiger partial charge in [-0.2, -0.15) is 0 Å². The van der Waals surface area contributed by atoms with Gasteiger partial charge < -0.3 is 20.2 Å². The van der Waals surface area contributed by atoms with E-state index < -0.39 is 27.8 Å². The van der Waals surface area contributed by atoms with Gasteiger partial charge in [-0.1, -0.05) is 60.2 Å². The van der Waals surface area contributed by atoms with Crippen molar-refractivity contribution >= 4 is 21.8 Å². The highest BCUT2D eigenvalue weighted by Gasteiger charge is 2.23. The number of nitrogens with zero attached hydrogens (tertiary/aromatic N) is 3. The smallest absolute Gasteiger partial charge is 0.408 e. The predicted octanol–water partition coefficient (Wildman–Crippen LogP) is 5.84. The third-order valence-electron chi connectivity index (χ3n) is 6.06. The Hall–Kier alpha value is -4.22. The van der Waals surface area contributed by atoms with Crippen molar-refractivity contribution < 1.29 is 22.4 Å². The summed E-state index contributed by atoms with van der Waals surface area (Å²) in [6.45, 7) is 9.39. The van der Waals surface area contributed by atoms with Crippen molar-refractivity contribution in [1.29, 1.82) is 0 Å². The number of carbonyl (C=O) groups is 1. The lowest BCUT2D eigenvalue weighted by molar-refractivity contribution is 0.0501. The van der Waals surface area contributed by atoms with Crippen LogP contribution in [0.15, 0.2) is 77.2 Å². The Balaban J connectivity index is 0.000000603. The fourth-order valence-electron chi connectivity index (χ4n) is 3.85. The maximum atomic E-state index is 12.2. The van der Waals surface area contributed by atoms with Crippen molar-refractivity contribution in [3.05, 3.63) is 89.8 Å². The summed E-state index contributed by atoms with van der Waals surface area (Å²) < 4.78 is 36.8. The summed E-state index contributed by atoms with van der Waals surface area (Å²) in [5.74, 6) is 0.352. The number of sulfonamides is 1. The molecule has 0 aliphatic heterocycles. The molecule has 1 heterocycles. The van der Waals surface area contributed by atoms with E-state index >= 15 is 0 Å². The van der Waals surface area contributed by atoms with E-state index in [2.05, 4.69) is 34.6 Å². The maximum Gasteiger partial charge on any atom is 0.408 e. The number of hydrogen-bond acceptors (Lipinski definition) is 8. The largest absolute Gasteiger partial charge is 0.444 e. The van der Waals surface area contributed by atoms with Gasteiger partial charge >= 0.3 is 6.09 Å². The van der Waals surface area contributed by atoms with Gasteiger partial charge in [0.15, 0.2) is 0 Å². The SMILES string of the molecule is CC(NC(=O)OC(C)(C)C)c1nnc(-c2cc(-c3ccccc3CN)cc(N(C)S(C)(=O)=O)c2)o1.Cc1ccccc1. The van der Waals surface area contributed by atoms with Crippen LogP contribution in [0.25, 0.3) is 22.6 Å². The van der Waals surface area contributed by atoms with Crippen molar-refractivity contribution in [2.45, 2.75) is 52.8 Å². The minimum atomic E-state index is -3.53. The van der Waals surface area contributed by atoms with E-state index in [0.717, 1.165) is 22.9 Å². The second-order valence-electron chi connectivity index (χ2n) is 10.8. The molecule has 4 aromatic rings. The summed E-state index contributed by atoms with van der Waals surface area (Å²) in [5, 5.41) is 10.9. The normalized spacial score (nSPS) is 12.1. The van der Waals surface area contributed by atoms with Gasteiger partial charge in [-0.15, -0.1) is 10.2 Å². The second kappa shape index (κ2) is 13.6. The molecule has 0 saturated heterocycles. The Morgan fingerprint density at radius 2 is 1.64 bits per heavy atom. The van der Waals surface area contributed by atoms with Crippen molar-refractivity contribution in [2.75, 3.05) is 17.6 Å². The monoisotopic (exact) mass is 593 g/mol. The lowest BCUT2D eigenvalue weighted by Crippen LogP contribution is -2.34. The van der Waals surface area contributed by atoms with Crippen LogP contribution in [0, 0.1) is 6.92 Å². The summed E-state index contributed by atoms with van der Waals surface area (Å²) in [7, 11) is -2.05. The average molecular weight is 594 g/mol. The van der Waals surface area contributed by atoms with E-state index in [-0.39, 0.29) is 11.8 Å². The van der Waals surface area contributed by atoms with Crippen LogP contribution >= 0.6 is 0 Å². The molecule has 0 saturated carbocycles.